The van der Waals surface area contributed by atoms with Gasteiger partial charge in [-0.3, -0.25) is 9.20 Å². The van der Waals surface area contributed by atoms with E-state index in [0.29, 0.717) is 17.2 Å². The van der Waals surface area contributed by atoms with Crippen molar-refractivity contribution in [2.75, 3.05) is 19.2 Å². The van der Waals surface area contributed by atoms with E-state index in [-0.39, 0.29) is 19.1 Å². The van der Waals surface area contributed by atoms with E-state index in [0.717, 1.165) is 27.7 Å². The van der Waals surface area contributed by atoms with Gasteiger partial charge in [-0.1, -0.05) is 0 Å². The van der Waals surface area contributed by atoms with Gasteiger partial charge in [-0.25, -0.2) is 4.98 Å². The summed E-state index contributed by atoms with van der Waals surface area (Å²) < 4.78 is 17.8. The Morgan fingerprint density at radius 2 is 2.03 bits per heavy atom. The molecule has 1 N–H and O–H groups in total. The molecule has 0 saturated heterocycles. The second-order valence-corrected chi connectivity index (χ2v) is 7.36. The van der Waals surface area contributed by atoms with Crippen LogP contribution < -0.4 is 19.5 Å². The number of nitrogens with one attached hydrogen (secondary N) is 1. The molecule has 0 fully saturated rings. The number of thiazole rings is 1. The zero-order valence-electron chi connectivity index (χ0n) is 15.5. The molecule has 2 aromatic carbocycles. The van der Waals surface area contributed by atoms with Gasteiger partial charge in [-0.2, -0.15) is 0 Å². The maximum absolute atomic E-state index is 12.5. The molecule has 3 heterocycles. The van der Waals surface area contributed by atoms with Crippen molar-refractivity contribution in [3.8, 4) is 28.5 Å². The van der Waals surface area contributed by atoms with Crippen molar-refractivity contribution >= 4 is 27.9 Å². The number of anilines is 1. The average molecular weight is 407 g/mol. The third-order valence-corrected chi connectivity index (χ3v) is 5.56. The van der Waals surface area contributed by atoms with Gasteiger partial charge < -0.3 is 19.5 Å². The highest BCUT2D eigenvalue weighted by Gasteiger charge is 2.16. The lowest BCUT2D eigenvalue weighted by molar-refractivity contribution is -0.115. The van der Waals surface area contributed by atoms with Gasteiger partial charge in [0.2, 0.25) is 12.7 Å². The SMILES string of the molecule is COc1ccc(-c2cn3c(CC(=O)Nc4ccc5c(c4)OCO5)csc3n2)cc1. The number of ether oxygens (including phenoxy) is 3. The molecule has 0 radical (unpaired) electrons. The van der Waals surface area contributed by atoms with Gasteiger partial charge in [0.15, 0.2) is 16.5 Å². The van der Waals surface area contributed by atoms with Gasteiger partial charge in [-0.15, -0.1) is 11.3 Å². The molecule has 0 atom stereocenters. The van der Waals surface area contributed by atoms with E-state index in [1.165, 1.54) is 11.3 Å². The van der Waals surface area contributed by atoms with E-state index in [1.807, 2.05) is 40.2 Å². The molecule has 0 bridgehead atoms. The smallest absolute Gasteiger partial charge is 0.231 e. The molecule has 4 aromatic rings. The lowest BCUT2D eigenvalue weighted by Gasteiger charge is -2.06. The van der Waals surface area contributed by atoms with Gasteiger partial charge in [0.25, 0.3) is 0 Å². The number of amides is 1. The number of aromatic nitrogens is 2. The quantitative estimate of drug-likeness (QED) is 0.542. The minimum absolute atomic E-state index is 0.108. The summed E-state index contributed by atoms with van der Waals surface area (Å²) in [5.74, 6) is 2.02. The molecule has 0 unspecified atom stereocenters. The maximum Gasteiger partial charge on any atom is 0.231 e. The summed E-state index contributed by atoms with van der Waals surface area (Å²) in [7, 11) is 1.64. The Balaban J connectivity index is 1.33. The molecular formula is C21H17N3O4S. The van der Waals surface area contributed by atoms with Crippen molar-refractivity contribution in [3.05, 3.63) is 59.7 Å². The first-order valence-electron chi connectivity index (χ1n) is 8.99. The van der Waals surface area contributed by atoms with E-state index < -0.39 is 0 Å². The summed E-state index contributed by atoms with van der Waals surface area (Å²) >= 11 is 1.51. The minimum Gasteiger partial charge on any atom is -0.497 e. The molecule has 1 aliphatic rings. The Morgan fingerprint density at radius 1 is 1.21 bits per heavy atom. The Hall–Kier alpha value is -3.52. The van der Waals surface area contributed by atoms with Crippen LogP contribution in [0.15, 0.2) is 54.0 Å². The number of methoxy groups -OCH3 is 1. The van der Waals surface area contributed by atoms with E-state index in [2.05, 4.69) is 10.3 Å². The molecule has 146 valence electrons. The summed E-state index contributed by atoms with van der Waals surface area (Å²) in [6.07, 6.45) is 2.20. The predicted molar refractivity (Wildman–Crippen MR) is 110 cm³/mol. The number of imidazole rings is 1. The Kier molecular flexibility index (Phi) is 4.33. The van der Waals surface area contributed by atoms with Crippen LogP contribution in [0.4, 0.5) is 5.69 Å². The van der Waals surface area contributed by atoms with Gasteiger partial charge in [-0.05, 0) is 36.4 Å². The molecular weight excluding hydrogens is 390 g/mol. The average Bonchev–Trinajstić information content (AvgIpc) is 3.45. The van der Waals surface area contributed by atoms with Crippen molar-refractivity contribution in [3.63, 3.8) is 0 Å². The summed E-state index contributed by atoms with van der Waals surface area (Å²) in [5, 5.41) is 4.87. The van der Waals surface area contributed by atoms with Crippen LogP contribution in [0.25, 0.3) is 16.2 Å². The Labute approximate surface area is 170 Å². The summed E-state index contributed by atoms with van der Waals surface area (Å²) in [6, 6.07) is 13.1. The van der Waals surface area contributed by atoms with Crippen molar-refractivity contribution in [1.29, 1.82) is 0 Å². The molecule has 0 saturated carbocycles. The highest BCUT2D eigenvalue weighted by Crippen LogP contribution is 2.34. The van der Waals surface area contributed by atoms with Crippen molar-refractivity contribution in [1.82, 2.24) is 9.38 Å². The van der Waals surface area contributed by atoms with Crippen LogP contribution in [0.3, 0.4) is 0 Å². The second kappa shape index (κ2) is 7.14. The lowest BCUT2D eigenvalue weighted by atomic mass is 10.2. The molecule has 8 heteroatoms. The van der Waals surface area contributed by atoms with Crippen LogP contribution in [0, 0.1) is 0 Å². The first-order chi connectivity index (χ1) is 14.2. The number of rotatable bonds is 5. The van der Waals surface area contributed by atoms with E-state index in [4.69, 9.17) is 14.2 Å². The minimum atomic E-state index is -0.108. The first kappa shape index (κ1) is 17.6. The predicted octanol–water partition coefficient (Wildman–Crippen LogP) is 3.98. The van der Waals surface area contributed by atoms with Crippen molar-refractivity contribution in [2.24, 2.45) is 0 Å². The molecule has 5 rings (SSSR count). The van der Waals surface area contributed by atoms with Crippen LogP contribution >= 0.6 is 11.3 Å². The first-order valence-corrected chi connectivity index (χ1v) is 9.87. The zero-order chi connectivity index (χ0) is 19.8. The number of nitrogens with zero attached hydrogens (tertiary/aromatic N) is 2. The van der Waals surface area contributed by atoms with Gasteiger partial charge in [0.05, 0.1) is 19.2 Å². The Morgan fingerprint density at radius 3 is 2.86 bits per heavy atom. The maximum atomic E-state index is 12.5. The van der Waals surface area contributed by atoms with Crippen molar-refractivity contribution in [2.45, 2.75) is 6.42 Å². The van der Waals surface area contributed by atoms with Crippen LogP contribution in [0.5, 0.6) is 17.2 Å². The fourth-order valence-electron chi connectivity index (χ4n) is 3.20. The standard InChI is InChI=1S/C21H17N3O4S/c1-26-16-5-2-13(3-6-16)17-10-24-15(11-29-21(24)23-17)9-20(25)22-14-4-7-18-19(8-14)28-12-27-18/h2-8,10-11H,9,12H2,1H3,(H,22,25). The molecule has 0 aliphatic carbocycles. The number of hydrogen-bond acceptors (Lipinski definition) is 6. The number of carbonyl (C=O) groups is 1. The fraction of sp³-hybridized carbons (Fsp3) is 0.143. The van der Waals surface area contributed by atoms with Gasteiger partial charge >= 0.3 is 0 Å². The number of fused-ring (bicyclic) bond motifs is 2. The molecule has 0 spiro atoms. The molecule has 1 aliphatic heterocycles. The fourth-order valence-corrected chi connectivity index (χ4v) is 4.07. The molecule has 7 nitrogen and oxygen atoms in total. The highest BCUT2D eigenvalue weighted by atomic mass is 32.1. The number of benzene rings is 2. The topological polar surface area (TPSA) is 74.1 Å². The summed E-state index contributed by atoms with van der Waals surface area (Å²) in [6.45, 7) is 0.205. The van der Waals surface area contributed by atoms with E-state index >= 15 is 0 Å². The summed E-state index contributed by atoms with van der Waals surface area (Å²) in [5.41, 5.74) is 3.42. The Bertz CT molecular complexity index is 1200. The second-order valence-electron chi connectivity index (χ2n) is 6.53. The van der Waals surface area contributed by atoms with Gasteiger partial charge in [0, 0.05) is 34.6 Å². The van der Waals surface area contributed by atoms with Crippen LogP contribution in [0.2, 0.25) is 0 Å². The molecule has 29 heavy (non-hydrogen) atoms. The third kappa shape index (κ3) is 3.38. The number of hydrogen-bond donors (Lipinski definition) is 1. The molecule has 2 aromatic heterocycles. The normalized spacial score (nSPS) is 12.3. The molecule has 1 amide bonds. The monoisotopic (exact) mass is 407 g/mol. The number of carbonyl (C=O) groups excluding carboxylic acids is 1. The van der Waals surface area contributed by atoms with Crippen molar-refractivity contribution < 1.29 is 19.0 Å². The largest absolute Gasteiger partial charge is 0.497 e. The van der Waals surface area contributed by atoms with Crippen LogP contribution in [-0.4, -0.2) is 29.2 Å². The van der Waals surface area contributed by atoms with Gasteiger partial charge in [0.1, 0.15) is 5.75 Å². The highest BCUT2D eigenvalue weighted by molar-refractivity contribution is 7.15. The zero-order valence-corrected chi connectivity index (χ0v) is 16.4. The third-order valence-electron chi connectivity index (χ3n) is 4.67. The van der Waals surface area contributed by atoms with E-state index in [9.17, 15) is 4.79 Å². The van der Waals surface area contributed by atoms with Crippen LogP contribution in [0.1, 0.15) is 5.69 Å². The van der Waals surface area contributed by atoms with E-state index in [1.54, 1.807) is 25.3 Å². The van der Waals surface area contributed by atoms with Crippen LogP contribution in [-0.2, 0) is 11.2 Å². The lowest BCUT2D eigenvalue weighted by Crippen LogP contribution is -2.15. The summed E-state index contributed by atoms with van der Waals surface area (Å²) in [4.78, 5) is 18.1.